The summed E-state index contributed by atoms with van der Waals surface area (Å²) in [6.07, 6.45) is 14.1. The lowest BCUT2D eigenvalue weighted by molar-refractivity contribution is 0.0512. The summed E-state index contributed by atoms with van der Waals surface area (Å²) in [7, 11) is 0. The largest absolute Gasteiger partial charge is 0.507 e. The van der Waals surface area contributed by atoms with E-state index in [4.69, 9.17) is 4.74 Å². The topological polar surface area (TPSA) is 29.5 Å². The molecule has 0 fully saturated rings. The van der Waals surface area contributed by atoms with Gasteiger partial charge in [0.05, 0.1) is 0 Å². The van der Waals surface area contributed by atoms with Crippen molar-refractivity contribution in [2.75, 3.05) is 0 Å². The second-order valence-corrected chi connectivity index (χ2v) is 11.4. The first-order valence-electron chi connectivity index (χ1n) is 13.0. The van der Waals surface area contributed by atoms with Crippen LogP contribution in [-0.2, 0) is 6.42 Å². The fourth-order valence-corrected chi connectivity index (χ4v) is 5.27. The molecule has 0 amide bonds. The number of phenolic OH excluding ortho intramolecular Hbond substituents is 1. The summed E-state index contributed by atoms with van der Waals surface area (Å²) in [4.78, 5) is 0. The zero-order valence-electron chi connectivity index (χ0n) is 21.9. The molecule has 1 N–H and O–H groups in total. The zero-order valence-corrected chi connectivity index (χ0v) is 21.9. The highest BCUT2D eigenvalue weighted by Crippen LogP contribution is 2.44. The predicted octanol–water partition coefficient (Wildman–Crippen LogP) is 9.48. The van der Waals surface area contributed by atoms with Gasteiger partial charge in [0.1, 0.15) is 17.1 Å². The van der Waals surface area contributed by atoms with Gasteiger partial charge in [-0.05, 0) is 87.8 Å². The van der Waals surface area contributed by atoms with E-state index in [0.29, 0.717) is 5.75 Å². The van der Waals surface area contributed by atoms with E-state index >= 15 is 0 Å². The first kappa shape index (κ1) is 28.9. The smallest absolute Gasteiger partial charge is 0.127 e. The Bertz CT molecular complexity index is 706. The maximum Gasteiger partial charge on any atom is 0.127 e. The molecule has 0 bridgehead atoms. The SMILES string of the molecule is C.Cc1c(C)c2c(c(C)c1O)CC[C@@](C)(CCC[C@H](C)CCC[C@H](C)CCCC(C)C)O2. The Morgan fingerprint density at radius 3 is 1.91 bits per heavy atom. The number of fused-ring (bicyclic) bond motifs is 1. The van der Waals surface area contributed by atoms with E-state index < -0.39 is 0 Å². The maximum absolute atomic E-state index is 10.4. The van der Waals surface area contributed by atoms with Crippen LogP contribution in [0.2, 0.25) is 0 Å². The fraction of sp³-hybridized carbons (Fsp3) is 0.800. The molecule has 2 rings (SSSR count). The summed E-state index contributed by atoms with van der Waals surface area (Å²) in [5.41, 5.74) is 4.23. The minimum absolute atomic E-state index is 0. The summed E-state index contributed by atoms with van der Waals surface area (Å²) < 4.78 is 6.60. The average molecular weight is 447 g/mol. The van der Waals surface area contributed by atoms with Gasteiger partial charge in [0.2, 0.25) is 0 Å². The van der Waals surface area contributed by atoms with Gasteiger partial charge < -0.3 is 9.84 Å². The molecule has 2 heteroatoms. The highest BCUT2D eigenvalue weighted by atomic mass is 16.5. The van der Waals surface area contributed by atoms with E-state index in [1.165, 1.54) is 56.9 Å². The van der Waals surface area contributed by atoms with Gasteiger partial charge in [-0.2, -0.15) is 0 Å². The van der Waals surface area contributed by atoms with Crippen LogP contribution in [0.3, 0.4) is 0 Å². The van der Waals surface area contributed by atoms with Crippen LogP contribution in [0.4, 0.5) is 0 Å². The van der Waals surface area contributed by atoms with Crippen molar-refractivity contribution in [3.05, 3.63) is 22.3 Å². The first-order valence-corrected chi connectivity index (χ1v) is 13.0. The number of ether oxygens (including phenoxy) is 1. The molecule has 1 aromatic rings. The van der Waals surface area contributed by atoms with Crippen molar-refractivity contribution in [3.8, 4) is 11.5 Å². The van der Waals surface area contributed by atoms with Crippen LogP contribution >= 0.6 is 0 Å². The molecule has 1 heterocycles. The zero-order chi connectivity index (χ0) is 23.2. The molecular formula is C30H54O2. The molecule has 0 saturated heterocycles. The quantitative estimate of drug-likeness (QED) is 0.346. The van der Waals surface area contributed by atoms with Crippen LogP contribution < -0.4 is 4.74 Å². The van der Waals surface area contributed by atoms with Crippen molar-refractivity contribution in [2.45, 2.75) is 139 Å². The van der Waals surface area contributed by atoms with E-state index in [2.05, 4.69) is 41.5 Å². The lowest BCUT2D eigenvalue weighted by Gasteiger charge is -2.38. The third kappa shape index (κ3) is 7.99. The predicted molar refractivity (Wildman–Crippen MR) is 141 cm³/mol. The van der Waals surface area contributed by atoms with E-state index in [0.717, 1.165) is 59.5 Å². The van der Waals surface area contributed by atoms with E-state index in [1.54, 1.807) is 0 Å². The normalized spacial score (nSPS) is 19.8. The monoisotopic (exact) mass is 446 g/mol. The molecule has 0 saturated carbocycles. The molecular weight excluding hydrogens is 392 g/mol. The van der Waals surface area contributed by atoms with Gasteiger partial charge in [0.25, 0.3) is 0 Å². The second kappa shape index (κ2) is 12.9. The molecule has 1 aromatic carbocycles. The van der Waals surface area contributed by atoms with Crippen molar-refractivity contribution in [2.24, 2.45) is 17.8 Å². The van der Waals surface area contributed by atoms with Crippen LogP contribution in [0, 0.1) is 38.5 Å². The molecule has 0 radical (unpaired) electrons. The molecule has 2 nitrogen and oxygen atoms in total. The number of aromatic hydroxyl groups is 1. The number of hydrogen-bond donors (Lipinski definition) is 1. The number of rotatable bonds is 12. The maximum atomic E-state index is 10.4. The molecule has 0 unspecified atom stereocenters. The Kier molecular flexibility index (Phi) is 11.6. The van der Waals surface area contributed by atoms with Gasteiger partial charge in [-0.3, -0.25) is 0 Å². The number of phenols is 1. The molecule has 32 heavy (non-hydrogen) atoms. The van der Waals surface area contributed by atoms with Crippen LogP contribution in [0.1, 0.15) is 129 Å². The van der Waals surface area contributed by atoms with Crippen molar-refractivity contribution in [3.63, 3.8) is 0 Å². The summed E-state index contributed by atoms with van der Waals surface area (Å²) >= 11 is 0. The molecule has 3 atom stereocenters. The van der Waals surface area contributed by atoms with Gasteiger partial charge in [-0.1, -0.05) is 80.1 Å². The van der Waals surface area contributed by atoms with Crippen LogP contribution in [0.15, 0.2) is 0 Å². The Morgan fingerprint density at radius 1 is 0.812 bits per heavy atom. The van der Waals surface area contributed by atoms with E-state index in [9.17, 15) is 5.11 Å². The van der Waals surface area contributed by atoms with Crippen molar-refractivity contribution in [1.82, 2.24) is 0 Å². The standard InChI is InChI=1S/C29H50O2.CH4/c1-20(2)12-9-13-21(3)14-10-15-22(4)16-11-18-29(8)19-17-26-25(7)27(30)23(5)24(6)28(26)31-29;/h20-22,30H,9-19H2,1-8H3;1H4/t21-,22-,29-;/m1./s1. The summed E-state index contributed by atoms with van der Waals surface area (Å²) in [5, 5.41) is 10.4. The second-order valence-electron chi connectivity index (χ2n) is 11.4. The molecule has 186 valence electrons. The molecule has 0 spiro atoms. The van der Waals surface area contributed by atoms with Crippen LogP contribution in [0.5, 0.6) is 11.5 Å². The molecule has 0 aromatic heterocycles. The number of benzene rings is 1. The Hall–Kier alpha value is -1.18. The highest BCUT2D eigenvalue weighted by Gasteiger charge is 2.34. The summed E-state index contributed by atoms with van der Waals surface area (Å²) in [5.74, 6) is 4.04. The summed E-state index contributed by atoms with van der Waals surface area (Å²) in [6, 6.07) is 0. The van der Waals surface area contributed by atoms with Crippen molar-refractivity contribution in [1.29, 1.82) is 0 Å². The Morgan fingerprint density at radius 2 is 1.34 bits per heavy atom. The van der Waals surface area contributed by atoms with Crippen LogP contribution in [0.25, 0.3) is 0 Å². The summed E-state index contributed by atoms with van der Waals surface area (Å²) in [6.45, 7) is 17.9. The van der Waals surface area contributed by atoms with Crippen molar-refractivity contribution >= 4 is 0 Å². The van der Waals surface area contributed by atoms with E-state index in [1.807, 2.05) is 13.8 Å². The van der Waals surface area contributed by atoms with Gasteiger partial charge in [0.15, 0.2) is 0 Å². The lowest BCUT2D eigenvalue weighted by Crippen LogP contribution is -2.37. The Labute approximate surface area is 200 Å². The minimum Gasteiger partial charge on any atom is -0.507 e. The highest BCUT2D eigenvalue weighted by molar-refractivity contribution is 5.58. The van der Waals surface area contributed by atoms with Gasteiger partial charge in [-0.15, -0.1) is 0 Å². The minimum atomic E-state index is -0.0712. The average Bonchev–Trinajstić information content (AvgIpc) is 2.70. The first-order chi connectivity index (χ1) is 14.5. The molecule has 1 aliphatic heterocycles. The van der Waals surface area contributed by atoms with Crippen molar-refractivity contribution < 1.29 is 9.84 Å². The molecule has 1 aliphatic rings. The van der Waals surface area contributed by atoms with Crippen LogP contribution in [-0.4, -0.2) is 10.7 Å². The number of hydrogen-bond acceptors (Lipinski definition) is 2. The van der Waals surface area contributed by atoms with Gasteiger partial charge in [-0.25, -0.2) is 0 Å². The third-order valence-corrected chi connectivity index (χ3v) is 7.87. The van der Waals surface area contributed by atoms with Gasteiger partial charge >= 0.3 is 0 Å². The van der Waals surface area contributed by atoms with E-state index in [-0.39, 0.29) is 13.0 Å². The fourth-order valence-electron chi connectivity index (χ4n) is 5.27. The molecule has 0 aliphatic carbocycles. The van der Waals surface area contributed by atoms with Gasteiger partial charge in [0, 0.05) is 5.56 Å². The lowest BCUT2D eigenvalue weighted by atomic mass is 9.84. The Balaban J connectivity index is 0.00000512. The third-order valence-electron chi connectivity index (χ3n) is 7.87.